The molecule has 21 heavy (non-hydrogen) atoms. The lowest BCUT2D eigenvalue weighted by atomic mass is 10.1. The maximum Gasteiger partial charge on any atom is 0.206 e. The highest BCUT2D eigenvalue weighted by atomic mass is 15.2. The molecule has 0 spiro atoms. The molecule has 0 aliphatic carbocycles. The number of fused-ring (bicyclic) bond motifs is 2. The van der Waals surface area contributed by atoms with Crippen molar-refractivity contribution in [2.45, 2.75) is 6.92 Å². The highest BCUT2D eigenvalue weighted by Crippen LogP contribution is 2.27. The van der Waals surface area contributed by atoms with E-state index in [0.717, 1.165) is 27.6 Å². The Hall–Kier alpha value is -2.88. The van der Waals surface area contributed by atoms with E-state index in [1.54, 1.807) is 6.20 Å². The number of hydrogen-bond donors (Lipinski definition) is 1. The molecule has 0 aliphatic rings. The Morgan fingerprint density at radius 3 is 2.81 bits per heavy atom. The largest absolute Gasteiger partial charge is 0.369 e. The molecule has 0 saturated carbocycles. The van der Waals surface area contributed by atoms with Crippen molar-refractivity contribution in [1.82, 2.24) is 14.5 Å². The topological polar surface area (TPSA) is 56.7 Å². The molecule has 2 N–H and O–H groups in total. The average molecular weight is 274 g/mol. The van der Waals surface area contributed by atoms with Crippen molar-refractivity contribution in [3.05, 3.63) is 60.3 Å². The van der Waals surface area contributed by atoms with E-state index in [0.29, 0.717) is 5.95 Å². The molecule has 0 bridgehead atoms. The number of imidazole rings is 1. The third-order valence-corrected chi connectivity index (χ3v) is 3.69. The molecule has 2 aromatic carbocycles. The lowest BCUT2D eigenvalue weighted by molar-refractivity contribution is 1.11. The van der Waals surface area contributed by atoms with Crippen molar-refractivity contribution >= 4 is 27.9 Å². The zero-order valence-electron chi connectivity index (χ0n) is 11.6. The Morgan fingerprint density at radius 1 is 1.05 bits per heavy atom. The molecule has 4 rings (SSSR count). The van der Waals surface area contributed by atoms with Crippen LogP contribution in [0.5, 0.6) is 0 Å². The minimum absolute atomic E-state index is 0.480. The van der Waals surface area contributed by atoms with E-state index in [1.165, 1.54) is 5.56 Å². The second kappa shape index (κ2) is 4.31. The Bertz CT molecular complexity index is 964. The van der Waals surface area contributed by atoms with Crippen LogP contribution in [0.4, 0.5) is 5.95 Å². The molecular formula is C17H14N4. The number of benzene rings is 2. The minimum atomic E-state index is 0.480. The summed E-state index contributed by atoms with van der Waals surface area (Å²) in [4.78, 5) is 8.95. The van der Waals surface area contributed by atoms with Crippen LogP contribution >= 0.6 is 0 Å². The molecule has 4 heteroatoms. The van der Waals surface area contributed by atoms with E-state index in [9.17, 15) is 0 Å². The number of hydrogen-bond acceptors (Lipinski definition) is 3. The number of nitrogens with zero attached hydrogens (tertiary/aromatic N) is 3. The molecule has 2 heterocycles. The Labute approximate surface area is 121 Å². The number of rotatable bonds is 1. The molecule has 0 aliphatic heterocycles. The lowest BCUT2D eigenvalue weighted by Crippen LogP contribution is -2.02. The fraction of sp³-hybridized carbons (Fsp3) is 0.0588. The minimum Gasteiger partial charge on any atom is -0.369 e. The van der Waals surface area contributed by atoms with Crippen LogP contribution in [0.1, 0.15) is 5.56 Å². The summed E-state index contributed by atoms with van der Waals surface area (Å²) in [6.45, 7) is 2.06. The maximum atomic E-state index is 6.15. The van der Waals surface area contributed by atoms with Gasteiger partial charge in [-0.2, -0.15) is 0 Å². The van der Waals surface area contributed by atoms with Crippen LogP contribution < -0.4 is 5.73 Å². The van der Waals surface area contributed by atoms with Gasteiger partial charge in [-0.25, -0.2) is 4.98 Å². The zero-order chi connectivity index (χ0) is 14.4. The number of aryl methyl sites for hydroxylation is 1. The quantitative estimate of drug-likeness (QED) is 0.578. The third kappa shape index (κ3) is 1.76. The number of anilines is 1. The van der Waals surface area contributed by atoms with Gasteiger partial charge in [-0.3, -0.25) is 9.55 Å². The van der Waals surface area contributed by atoms with Crippen molar-refractivity contribution in [2.75, 3.05) is 5.73 Å². The van der Waals surface area contributed by atoms with Gasteiger partial charge in [0, 0.05) is 11.6 Å². The number of nitrogen functional groups attached to an aromatic ring is 1. The summed E-state index contributed by atoms with van der Waals surface area (Å²) in [5.74, 6) is 0.480. The smallest absolute Gasteiger partial charge is 0.206 e. The van der Waals surface area contributed by atoms with E-state index in [1.807, 2.05) is 47.0 Å². The van der Waals surface area contributed by atoms with Gasteiger partial charge in [0.2, 0.25) is 5.95 Å². The third-order valence-electron chi connectivity index (χ3n) is 3.69. The first-order valence-electron chi connectivity index (χ1n) is 6.83. The highest BCUT2D eigenvalue weighted by molar-refractivity contribution is 5.90. The van der Waals surface area contributed by atoms with Crippen molar-refractivity contribution in [2.24, 2.45) is 0 Å². The number of para-hydroxylation sites is 1. The molecule has 0 unspecified atom stereocenters. The van der Waals surface area contributed by atoms with Crippen LogP contribution in [-0.2, 0) is 0 Å². The van der Waals surface area contributed by atoms with E-state index in [2.05, 4.69) is 23.0 Å². The van der Waals surface area contributed by atoms with Gasteiger partial charge in [-0.05, 0) is 36.8 Å². The first kappa shape index (κ1) is 11.9. The van der Waals surface area contributed by atoms with Gasteiger partial charge in [0.1, 0.15) is 0 Å². The van der Waals surface area contributed by atoms with Gasteiger partial charge in [0.15, 0.2) is 0 Å². The Morgan fingerprint density at radius 2 is 1.90 bits per heavy atom. The predicted molar refractivity (Wildman–Crippen MR) is 85.5 cm³/mol. The maximum absolute atomic E-state index is 6.15. The first-order valence-corrected chi connectivity index (χ1v) is 6.83. The van der Waals surface area contributed by atoms with Gasteiger partial charge in [-0.15, -0.1) is 0 Å². The Kier molecular flexibility index (Phi) is 2.44. The van der Waals surface area contributed by atoms with Gasteiger partial charge in [0.05, 0.1) is 22.2 Å². The van der Waals surface area contributed by atoms with Crippen molar-refractivity contribution < 1.29 is 0 Å². The normalized spacial score (nSPS) is 11.3. The summed E-state index contributed by atoms with van der Waals surface area (Å²) >= 11 is 0. The summed E-state index contributed by atoms with van der Waals surface area (Å²) in [5.41, 5.74) is 11.1. The van der Waals surface area contributed by atoms with E-state index in [-0.39, 0.29) is 0 Å². The number of nitrogens with two attached hydrogens (primary N) is 1. The molecule has 4 nitrogen and oxygen atoms in total. The van der Waals surface area contributed by atoms with Gasteiger partial charge >= 0.3 is 0 Å². The van der Waals surface area contributed by atoms with Crippen LogP contribution in [0.25, 0.3) is 27.6 Å². The van der Waals surface area contributed by atoms with E-state index in [4.69, 9.17) is 5.73 Å². The molecule has 102 valence electrons. The summed E-state index contributed by atoms with van der Waals surface area (Å²) in [7, 11) is 0. The van der Waals surface area contributed by atoms with Crippen molar-refractivity contribution in [1.29, 1.82) is 0 Å². The zero-order valence-corrected chi connectivity index (χ0v) is 11.6. The van der Waals surface area contributed by atoms with Gasteiger partial charge < -0.3 is 5.73 Å². The molecule has 4 aromatic rings. The van der Waals surface area contributed by atoms with Crippen molar-refractivity contribution in [3.8, 4) is 5.69 Å². The molecule has 0 radical (unpaired) electrons. The van der Waals surface area contributed by atoms with Crippen LogP contribution in [0, 0.1) is 6.92 Å². The number of aromatic nitrogens is 3. The molecule has 0 fully saturated rings. The summed E-state index contributed by atoms with van der Waals surface area (Å²) in [5, 5.41) is 1.09. The molecule has 0 saturated heterocycles. The van der Waals surface area contributed by atoms with Gasteiger partial charge in [-0.1, -0.05) is 24.3 Å². The van der Waals surface area contributed by atoms with Crippen LogP contribution in [0.15, 0.2) is 54.7 Å². The summed E-state index contributed by atoms with van der Waals surface area (Å²) < 4.78 is 1.97. The average Bonchev–Trinajstić information content (AvgIpc) is 2.82. The summed E-state index contributed by atoms with van der Waals surface area (Å²) in [6, 6.07) is 16.2. The molecule has 2 aromatic heterocycles. The van der Waals surface area contributed by atoms with Crippen molar-refractivity contribution in [3.63, 3.8) is 0 Å². The standard InChI is InChI=1S/C17H14N4/c1-11-7-8-13-15(10-11)21(17(18)20-13)14-6-2-4-12-5-3-9-19-16(12)14/h2-10H,1H3,(H2,18,20). The first-order chi connectivity index (χ1) is 10.2. The van der Waals surface area contributed by atoms with Crippen LogP contribution in [0.2, 0.25) is 0 Å². The lowest BCUT2D eigenvalue weighted by Gasteiger charge is -2.09. The van der Waals surface area contributed by atoms with Crippen LogP contribution in [-0.4, -0.2) is 14.5 Å². The monoisotopic (exact) mass is 274 g/mol. The SMILES string of the molecule is Cc1ccc2nc(N)n(-c3cccc4cccnc34)c2c1. The fourth-order valence-electron chi connectivity index (χ4n) is 2.73. The second-order valence-electron chi connectivity index (χ2n) is 5.15. The summed E-state index contributed by atoms with van der Waals surface area (Å²) in [6.07, 6.45) is 1.80. The predicted octanol–water partition coefficient (Wildman–Crippen LogP) is 3.46. The van der Waals surface area contributed by atoms with E-state index < -0.39 is 0 Å². The van der Waals surface area contributed by atoms with E-state index >= 15 is 0 Å². The second-order valence-corrected chi connectivity index (χ2v) is 5.15. The van der Waals surface area contributed by atoms with Gasteiger partial charge in [0.25, 0.3) is 0 Å². The Balaban J connectivity index is 2.14. The molecule has 0 atom stereocenters. The fourth-order valence-corrected chi connectivity index (χ4v) is 2.73. The molecular weight excluding hydrogens is 260 g/mol. The number of pyridine rings is 1. The van der Waals surface area contributed by atoms with Crippen LogP contribution in [0.3, 0.4) is 0 Å². The molecule has 0 amide bonds. The highest BCUT2D eigenvalue weighted by Gasteiger charge is 2.12.